The summed E-state index contributed by atoms with van der Waals surface area (Å²) in [5.74, 6) is -1.14. The van der Waals surface area contributed by atoms with E-state index >= 15 is 0 Å². The van der Waals surface area contributed by atoms with Gasteiger partial charge in [0.25, 0.3) is 6.43 Å². The number of hydrogen-bond acceptors (Lipinski definition) is 3. The summed E-state index contributed by atoms with van der Waals surface area (Å²) in [6, 6.07) is 2.57. The van der Waals surface area contributed by atoms with Gasteiger partial charge in [-0.25, -0.2) is 13.8 Å². The lowest BCUT2D eigenvalue weighted by Gasteiger charge is -2.10. The Labute approximate surface area is 84.1 Å². The lowest BCUT2D eigenvalue weighted by molar-refractivity contribution is 0.143. The predicted octanol–water partition coefficient (Wildman–Crippen LogP) is 2.23. The molecular formula is C9H7F3N2O. The summed E-state index contributed by atoms with van der Waals surface area (Å²) in [5, 5.41) is 8.44. The van der Waals surface area contributed by atoms with Gasteiger partial charge >= 0.3 is 0 Å². The molecule has 0 atom stereocenters. The fraction of sp³-hybridized carbons (Fsp3) is 0.333. The van der Waals surface area contributed by atoms with E-state index in [0.29, 0.717) is 0 Å². The molecule has 0 N–H and O–H groups in total. The van der Waals surface area contributed by atoms with Gasteiger partial charge in [-0.15, -0.1) is 0 Å². The van der Waals surface area contributed by atoms with Gasteiger partial charge in [-0.3, -0.25) is 0 Å². The van der Waals surface area contributed by atoms with Crippen LogP contribution in [-0.2, 0) is 6.42 Å². The van der Waals surface area contributed by atoms with Gasteiger partial charge in [-0.2, -0.15) is 9.65 Å². The first kappa shape index (κ1) is 11.3. The van der Waals surface area contributed by atoms with Crippen molar-refractivity contribution < 1.29 is 17.9 Å². The summed E-state index contributed by atoms with van der Waals surface area (Å²) in [7, 11) is 1.21. The van der Waals surface area contributed by atoms with E-state index in [4.69, 9.17) is 10.00 Å². The van der Waals surface area contributed by atoms with Crippen LogP contribution in [0.3, 0.4) is 0 Å². The minimum atomic E-state index is -2.93. The summed E-state index contributed by atoms with van der Waals surface area (Å²) >= 11 is 0. The highest BCUT2D eigenvalue weighted by atomic mass is 19.3. The van der Waals surface area contributed by atoms with Crippen LogP contribution in [-0.4, -0.2) is 12.1 Å². The lowest BCUT2D eigenvalue weighted by Crippen LogP contribution is -2.03. The first-order valence-electron chi connectivity index (χ1n) is 3.98. The van der Waals surface area contributed by atoms with Crippen LogP contribution in [0.5, 0.6) is 5.75 Å². The quantitative estimate of drug-likeness (QED) is 0.728. The van der Waals surface area contributed by atoms with Crippen molar-refractivity contribution in [2.24, 2.45) is 0 Å². The van der Waals surface area contributed by atoms with Gasteiger partial charge < -0.3 is 4.74 Å². The molecule has 1 heterocycles. The Bertz CT molecular complexity index is 401. The van der Waals surface area contributed by atoms with Crippen LogP contribution in [0.1, 0.15) is 17.7 Å². The Hall–Kier alpha value is -1.77. The second kappa shape index (κ2) is 4.64. The summed E-state index contributed by atoms with van der Waals surface area (Å²) in [6.07, 6.45) is -3.23. The number of hydrogen-bond donors (Lipinski definition) is 0. The SMILES string of the molecule is COc1cc(F)nc(C(F)F)c1CC#N. The molecule has 0 aliphatic rings. The van der Waals surface area contributed by atoms with E-state index < -0.39 is 18.1 Å². The predicted molar refractivity (Wildman–Crippen MR) is 45.0 cm³/mol. The van der Waals surface area contributed by atoms with Crippen LogP contribution < -0.4 is 4.74 Å². The highest BCUT2D eigenvalue weighted by Crippen LogP contribution is 2.29. The zero-order valence-electron chi connectivity index (χ0n) is 7.80. The molecule has 15 heavy (non-hydrogen) atoms. The van der Waals surface area contributed by atoms with Crippen LogP contribution >= 0.6 is 0 Å². The highest BCUT2D eigenvalue weighted by molar-refractivity contribution is 5.38. The number of methoxy groups -OCH3 is 1. The van der Waals surface area contributed by atoms with Gasteiger partial charge in [0.2, 0.25) is 5.95 Å². The molecule has 3 nitrogen and oxygen atoms in total. The van der Waals surface area contributed by atoms with Gasteiger partial charge in [0.05, 0.1) is 19.6 Å². The molecule has 6 heteroatoms. The van der Waals surface area contributed by atoms with E-state index in [2.05, 4.69) is 4.98 Å². The third kappa shape index (κ3) is 2.37. The maximum Gasteiger partial charge on any atom is 0.280 e. The van der Waals surface area contributed by atoms with Crippen LogP contribution in [0.4, 0.5) is 13.2 Å². The minimum Gasteiger partial charge on any atom is -0.496 e. The van der Waals surface area contributed by atoms with Crippen molar-refractivity contribution in [3.63, 3.8) is 0 Å². The molecule has 1 aromatic rings. The van der Waals surface area contributed by atoms with E-state index in [9.17, 15) is 13.2 Å². The molecule has 0 fully saturated rings. The van der Waals surface area contributed by atoms with Crippen LogP contribution in [0.15, 0.2) is 6.07 Å². The minimum absolute atomic E-state index is 0.0728. The summed E-state index contributed by atoms with van der Waals surface area (Å²) < 4.78 is 42.4. The molecule has 0 aliphatic carbocycles. The normalized spacial score (nSPS) is 10.1. The number of ether oxygens (including phenoxy) is 1. The van der Waals surface area contributed by atoms with Crippen LogP contribution in [0.2, 0.25) is 0 Å². The molecule has 0 unspecified atom stereocenters. The second-order valence-corrected chi connectivity index (χ2v) is 2.65. The van der Waals surface area contributed by atoms with Gasteiger partial charge in [0.15, 0.2) is 0 Å². The van der Waals surface area contributed by atoms with Crippen LogP contribution in [0, 0.1) is 17.3 Å². The molecule has 0 saturated heterocycles. The standard InChI is InChI=1S/C9H7F3N2O/c1-15-6-4-7(10)14-8(9(11)12)5(6)2-3-13/h4,9H,2H2,1H3. The van der Waals surface area contributed by atoms with E-state index in [1.54, 1.807) is 6.07 Å². The molecule has 0 radical (unpaired) electrons. The van der Waals surface area contributed by atoms with E-state index in [0.717, 1.165) is 6.07 Å². The molecule has 80 valence electrons. The first-order valence-corrected chi connectivity index (χ1v) is 3.98. The van der Waals surface area contributed by atoms with Crippen molar-refractivity contribution in [2.45, 2.75) is 12.8 Å². The summed E-state index contributed by atoms with van der Waals surface area (Å²) in [5.41, 5.74) is -0.815. The van der Waals surface area contributed by atoms with Gasteiger partial charge in [0.1, 0.15) is 11.4 Å². The summed E-state index contributed by atoms with van der Waals surface area (Å²) in [6.45, 7) is 0. The monoisotopic (exact) mass is 216 g/mol. The van der Waals surface area contributed by atoms with Gasteiger partial charge in [-0.05, 0) is 0 Å². The van der Waals surface area contributed by atoms with Crippen molar-refractivity contribution in [2.75, 3.05) is 7.11 Å². The van der Waals surface area contributed by atoms with Crippen LogP contribution in [0.25, 0.3) is 0 Å². The molecule has 0 aliphatic heterocycles. The van der Waals surface area contributed by atoms with Gasteiger partial charge in [0, 0.05) is 11.6 Å². The van der Waals surface area contributed by atoms with E-state index in [-0.39, 0.29) is 17.7 Å². The van der Waals surface area contributed by atoms with Crippen molar-refractivity contribution in [3.8, 4) is 11.8 Å². The zero-order valence-corrected chi connectivity index (χ0v) is 7.80. The molecule has 1 aromatic heterocycles. The zero-order chi connectivity index (χ0) is 11.4. The first-order chi connectivity index (χ1) is 7.10. The smallest absolute Gasteiger partial charge is 0.280 e. The van der Waals surface area contributed by atoms with Crippen molar-refractivity contribution >= 4 is 0 Å². The number of pyridine rings is 1. The van der Waals surface area contributed by atoms with Crippen molar-refractivity contribution in [3.05, 3.63) is 23.3 Å². The van der Waals surface area contributed by atoms with Crippen molar-refractivity contribution in [1.29, 1.82) is 5.26 Å². The summed E-state index contributed by atoms with van der Waals surface area (Å²) in [4.78, 5) is 3.05. The Balaban J connectivity index is 3.34. The number of nitriles is 1. The average molecular weight is 216 g/mol. The molecule has 0 aromatic carbocycles. The lowest BCUT2D eigenvalue weighted by atomic mass is 10.1. The fourth-order valence-corrected chi connectivity index (χ4v) is 1.16. The number of aromatic nitrogens is 1. The Morgan fingerprint density at radius 2 is 2.27 bits per heavy atom. The molecule has 0 bridgehead atoms. The maximum absolute atomic E-state index is 12.8. The topological polar surface area (TPSA) is 45.9 Å². The average Bonchev–Trinajstić information content (AvgIpc) is 2.19. The Morgan fingerprint density at radius 3 is 2.73 bits per heavy atom. The fourth-order valence-electron chi connectivity index (χ4n) is 1.16. The number of halogens is 3. The number of nitrogens with zero attached hydrogens (tertiary/aromatic N) is 2. The Kier molecular flexibility index (Phi) is 3.50. The van der Waals surface area contributed by atoms with Gasteiger partial charge in [-0.1, -0.05) is 0 Å². The van der Waals surface area contributed by atoms with Crippen molar-refractivity contribution in [1.82, 2.24) is 4.98 Å². The number of alkyl halides is 2. The number of rotatable bonds is 3. The molecular weight excluding hydrogens is 209 g/mol. The molecule has 1 rings (SSSR count). The second-order valence-electron chi connectivity index (χ2n) is 2.65. The molecule has 0 amide bonds. The van der Waals surface area contributed by atoms with E-state index in [1.807, 2.05) is 0 Å². The Morgan fingerprint density at radius 1 is 1.60 bits per heavy atom. The third-order valence-corrected chi connectivity index (χ3v) is 1.77. The van der Waals surface area contributed by atoms with E-state index in [1.165, 1.54) is 7.11 Å². The molecule has 0 spiro atoms. The maximum atomic E-state index is 12.8. The largest absolute Gasteiger partial charge is 0.496 e. The third-order valence-electron chi connectivity index (χ3n) is 1.77. The highest BCUT2D eigenvalue weighted by Gasteiger charge is 2.20. The molecule has 0 saturated carbocycles.